The van der Waals surface area contributed by atoms with Crippen molar-refractivity contribution in [2.24, 2.45) is 0 Å². The van der Waals surface area contributed by atoms with Crippen LogP contribution in [0.2, 0.25) is 0 Å². The van der Waals surface area contributed by atoms with E-state index in [4.69, 9.17) is 9.47 Å². The van der Waals surface area contributed by atoms with Crippen molar-refractivity contribution in [2.75, 3.05) is 13.7 Å². The Labute approximate surface area is 186 Å². The lowest BCUT2D eigenvalue weighted by molar-refractivity contribution is -0.232. The van der Waals surface area contributed by atoms with Gasteiger partial charge in [-0.05, 0) is 30.9 Å². The zero-order valence-corrected chi connectivity index (χ0v) is 18.2. The van der Waals surface area contributed by atoms with Gasteiger partial charge < -0.3 is 40.1 Å². The lowest BCUT2D eigenvalue weighted by atomic mass is 9.87. The first kappa shape index (κ1) is 25.8. The van der Waals surface area contributed by atoms with Crippen LogP contribution in [0.1, 0.15) is 53.8 Å². The molecule has 1 aromatic carbocycles. The van der Waals surface area contributed by atoms with Crippen LogP contribution in [0.3, 0.4) is 0 Å². The van der Waals surface area contributed by atoms with Gasteiger partial charge in [0.1, 0.15) is 47.6 Å². The van der Waals surface area contributed by atoms with Gasteiger partial charge in [-0.3, -0.25) is 0 Å². The number of aryl methyl sites for hydroxylation is 1. The van der Waals surface area contributed by atoms with E-state index >= 15 is 0 Å². The average Bonchev–Trinajstić information content (AvgIpc) is 2.77. The third-order valence-electron chi connectivity index (χ3n) is 5.39. The van der Waals surface area contributed by atoms with Crippen molar-refractivity contribution in [2.45, 2.75) is 63.1 Å². The third-order valence-corrected chi connectivity index (χ3v) is 5.39. The maximum absolute atomic E-state index is 12.4. The first-order valence-corrected chi connectivity index (χ1v) is 10.6. The highest BCUT2D eigenvalue weighted by molar-refractivity contribution is 5.95. The topological polar surface area (TPSA) is 157 Å². The molecule has 0 spiro atoms. The minimum atomic E-state index is -1.74. The molecule has 0 radical (unpaired) electrons. The number of benzene rings is 1. The van der Waals surface area contributed by atoms with Crippen molar-refractivity contribution in [1.82, 2.24) is 0 Å². The van der Waals surface area contributed by atoms with Crippen LogP contribution in [0, 0.1) is 0 Å². The number of unbranched alkanes of at least 4 members (excludes halogenated alkanes) is 1. The molecule has 1 fully saturated rings. The van der Waals surface area contributed by atoms with Gasteiger partial charge in [-0.1, -0.05) is 37.6 Å². The van der Waals surface area contributed by atoms with Crippen molar-refractivity contribution in [3.63, 3.8) is 0 Å². The zero-order chi connectivity index (χ0) is 23.8. The number of esters is 1. The smallest absolute Gasteiger partial charge is 0.341 e. The summed E-state index contributed by atoms with van der Waals surface area (Å²) in [6, 6.07) is 1.27. The zero-order valence-electron chi connectivity index (χ0n) is 18.2. The summed E-state index contributed by atoms with van der Waals surface area (Å²) < 4.78 is 10.2. The first-order valence-electron chi connectivity index (χ1n) is 10.6. The van der Waals surface area contributed by atoms with Gasteiger partial charge in [-0.15, -0.1) is 0 Å². The molecule has 2 rings (SSSR count). The summed E-state index contributed by atoms with van der Waals surface area (Å²) in [5.74, 6) is -1.99. The van der Waals surface area contributed by atoms with Crippen molar-refractivity contribution < 1.29 is 44.9 Å². The minimum Gasteiger partial charge on any atom is -0.507 e. The summed E-state index contributed by atoms with van der Waals surface area (Å²) in [7, 11) is 1.14. The molecule has 1 aliphatic rings. The van der Waals surface area contributed by atoms with Crippen molar-refractivity contribution >= 4 is 5.97 Å². The Morgan fingerprint density at radius 2 is 1.75 bits per heavy atom. The maximum atomic E-state index is 12.4. The summed E-state index contributed by atoms with van der Waals surface area (Å²) in [6.45, 7) is 1.40. The summed E-state index contributed by atoms with van der Waals surface area (Å²) >= 11 is 0. The van der Waals surface area contributed by atoms with Crippen molar-refractivity contribution in [1.29, 1.82) is 0 Å². The number of aliphatic hydroxyl groups excluding tert-OH is 4. The van der Waals surface area contributed by atoms with Gasteiger partial charge in [-0.25, -0.2) is 4.79 Å². The van der Waals surface area contributed by atoms with E-state index in [1.807, 2.05) is 24.3 Å². The monoisotopic (exact) mass is 452 g/mol. The SMILES string of the molecule is CCC/C=C/C=C\CCc1cc(O)c([C@@H]2O[C@H](CO)[C@@H](O)[C@H](O)[C@H]2O)c(O)c1C(=O)OC. The fourth-order valence-corrected chi connectivity index (χ4v) is 3.63. The van der Waals surface area contributed by atoms with E-state index in [0.717, 1.165) is 20.0 Å². The van der Waals surface area contributed by atoms with Crippen LogP contribution in [-0.2, 0) is 15.9 Å². The molecule has 0 unspecified atom stereocenters. The number of hydrogen-bond donors (Lipinski definition) is 6. The van der Waals surface area contributed by atoms with Gasteiger partial charge in [0.05, 0.1) is 19.3 Å². The standard InChI is InChI=1S/C23H32O9/c1-3-4-5-6-7-8-9-10-13-11-14(25)17(19(27)16(13)23(30)31-2)22-21(29)20(28)18(26)15(12-24)32-22/h5-8,11,15,18,20-22,24-29H,3-4,9-10,12H2,1-2H3/b6-5+,8-7-/t15-,18-,20+,21-,22+/m1/s1. The van der Waals surface area contributed by atoms with E-state index in [1.54, 1.807) is 0 Å². The molecule has 1 aromatic rings. The Balaban J connectivity index is 2.39. The van der Waals surface area contributed by atoms with E-state index in [2.05, 4.69) is 6.92 Å². The molecule has 0 aromatic heterocycles. The van der Waals surface area contributed by atoms with E-state index in [0.29, 0.717) is 18.4 Å². The number of carbonyl (C=O) groups excluding carboxylic acids is 1. The van der Waals surface area contributed by atoms with E-state index in [-0.39, 0.29) is 11.1 Å². The molecule has 0 saturated carbocycles. The second-order valence-corrected chi connectivity index (χ2v) is 7.62. The quantitative estimate of drug-likeness (QED) is 0.240. The van der Waals surface area contributed by atoms with Crippen LogP contribution in [0.4, 0.5) is 0 Å². The largest absolute Gasteiger partial charge is 0.507 e. The van der Waals surface area contributed by atoms with Crippen LogP contribution in [0.15, 0.2) is 30.4 Å². The minimum absolute atomic E-state index is 0.202. The molecule has 1 aliphatic heterocycles. The van der Waals surface area contributed by atoms with Crippen LogP contribution in [-0.4, -0.2) is 74.7 Å². The van der Waals surface area contributed by atoms with E-state index in [9.17, 15) is 35.4 Å². The molecule has 0 aliphatic carbocycles. The summed E-state index contributed by atoms with van der Waals surface area (Å²) in [5, 5.41) is 61.2. The molecular formula is C23H32O9. The van der Waals surface area contributed by atoms with Gasteiger partial charge in [0.15, 0.2) is 0 Å². The second-order valence-electron chi connectivity index (χ2n) is 7.62. The number of phenols is 2. The van der Waals surface area contributed by atoms with E-state index < -0.39 is 54.6 Å². The van der Waals surface area contributed by atoms with Crippen molar-refractivity contribution in [3.05, 3.63) is 47.1 Å². The summed E-state index contributed by atoms with van der Waals surface area (Å²) in [4.78, 5) is 12.4. The maximum Gasteiger partial charge on any atom is 0.341 e. The molecular weight excluding hydrogens is 420 g/mol. The number of hydrogen-bond acceptors (Lipinski definition) is 9. The highest BCUT2D eigenvalue weighted by Crippen LogP contribution is 2.44. The van der Waals surface area contributed by atoms with Crippen molar-refractivity contribution in [3.8, 4) is 11.5 Å². The predicted octanol–water partition coefficient (Wildman–Crippen LogP) is 1.24. The molecule has 9 heteroatoms. The number of methoxy groups -OCH3 is 1. The van der Waals surface area contributed by atoms with Gasteiger partial charge in [0, 0.05) is 0 Å². The fraction of sp³-hybridized carbons (Fsp3) is 0.522. The average molecular weight is 453 g/mol. The summed E-state index contributed by atoms with van der Waals surface area (Å²) in [5.41, 5.74) is -0.223. The highest BCUT2D eigenvalue weighted by atomic mass is 16.5. The molecule has 6 N–H and O–H groups in total. The first-order chi connectivity index (χ1) is 15.3. The van der Waals surface area contributed by atoms with Gasteiger partial charge >= 0.3 is 5.97 Å². The van der Waals surface area contributed by atoms with Crippen LogP contribution in [0.5, 0.6) is 11.5 Å². The number of allylic oxidation sites excluding steroid dienone is 4. The molecule has 0 amide bonds. The highest BCUT2D eigenvalue weighted by Gasteiger charge is 2.46. The fourth-order valence-electron chi connectivity index (χ4n) is 3.63. The van der Waals surface area contributed by atoms with Gasteiger partial charge in [0.25, 0.3) is 0 Å². The molecule has 1 heterocycles. The van der Waals surface area contributed by atoms with Gasteiger partial charge in [0.2, 0.25) is 0 Å². The molecule has 178 valence electrons. The Hall–Kier alpha value is -2.43. The van der Waals surface area contributed by atoms with Crippen LogP contribution in [0.25, 0.3) is 0 Å². The number of ether oxygens (including phenoxy) is 2. The Morgan fingerprint density at radius 1 is 1.09 bits per heavy atom. The lowest BCUT2D eigenvalue weighted by Crippen LogP contribution is -2.55. The Morgan fingerprint density at radius 3 is 2.34 bits per heavy atom. The Bertz CT molecular complexity index is 831. The normalized spacial score (nSPS) is 26.1. The molecule has 32 heavy (non-hydrogen) atoms. The number of rotatable bonds is 9. The number of carbonyl (C=O) groups is 1. The lowest BCUT2D eigenvalue weighted by Gasteiger charge is -2.40. The van der Waals surface area contributed by atoms with E-state index in [1.165, 1.54) is 6.07 Å². The predicted molar refractivity (Wildman–Crippen MR) is 115 cm³/mol. The second kappa shape index (κ2) is 12.0. The molecule has 1 saturated heterocycles. The molecule has 5 atom stereocenters. The number of phenolic OH excluding ortho intramolecular Hbond substituents is 2. The summed E-state index contributed by atoms with van der Waals surface area (Å²) in [6.07, 6.45) is 2.73. The number of aromatic hydroxyl groups is 2. The molecule has 9 nitrogen and oxygen atoms in total. The third kappa shape index (κ3) is 5.67. The van der Waals surface area contributed by atoms with Crippen LogP contribution < -0.4 is 0 Å². The van der Waals surface area contributed by atoms with Crippen LogP contribution >= 0.6 is 0 Å². The number of aliphatic hydroxyl groups is 4. The van der Waals surface area contributed by atoms with Gasteiger partial charge in [-0.2, -0.15) is 0 Å². The Kier molecular flexibility index (Phi) is 9.67. The molecule has 0 bridgehead atoms.